The summed E-state index contributed by atoms with van der Waals surface area (Å²) >= 11 is 7.56. The number of pyridine rings is 2. The number of benzene rings is 1. The molecule has 0 bridgehead atoms. The van der Waals surface area contributed by atoms with Gasteiger partial charge in [0.15, 0.2) is 0 Å². The first-order valence-corrected chi connectivity index (χ1v) is 16.8. The largest absolute Gasteiger partial charge is 0.344 e. The van der Waals surface area contributed by atoms with Gasteiger partial charge < -0.3 is 15.2 Å². The van der Waals surface area contributed by atoms with Gasteiger partial charge in [0.25, 0.3) is 11.5 Å². The van der Waals surface area contributed by atoms with Crippen LogP contribution < -0.4 is 10.9 Å². The Labute approximate surface area is 262 Å². The van der Waals surface area contributed by atoms with Gasteiger partial charge in [0.2, 0.25) is 0 Å². The topological polar surface area (TPSA) is 78.1 Å². The highest BCUT2D eigenvalue weighted by atomic mass is 35.5. The lowest BCUT2D eigenvalue weighted by Gasteiger charge is -2.34. The zero-order chi connectivity index (χ0) is 30.1. The Balaban J connectivity index is 1.22. The van der Waals surface area contributed by atoms with E-state index in [0.29, 0.717) is 10.8 Å². The van der Waals surface area contributed by atoms with Crippen LogP contribution in [0.25, 0.3) is 21.3 Å². The molecular formula is C35H41ClN4O2S. The Bertz CT molecular complexity index is 1660. The van der Waals surface area contributed by atoms with Crippen molar-refractivity contribution in [3.63, 3.8) is 0 Å². The van der Waals surface area contributed by atoms with Gasteiger partial charge in [-0.25, -0.2) is 4.98 Å². The summed E-state index contributed by atoms with van der Waals surface area (Å²) in [5.74, 6) is 0.600. The molecule has 226 valence electrons. The fourth-order valence-corrected chi connectivity index (χ4v) is 7.66. The minimum Gasteiger partial charge on any atom is -0.344 e. The lowest BCUT2D eigenvalue weighted by Crippen LogP contribution is -2.35. The lowest BCUT2D eigenvalue weighted by molar-refractivity contribution is 0.0934. The quantitative estimate of drug-likeness (QED) is 0.222. The second-order valence-electron chi connectivity index (χ2n) is 13.3. The molecule has 6 nitrogen and oxygen atoms in total. The van der Waals surface area contributed by atoms with E-state index in [-0.39, 0.29) is 27.9 Å². The normalized spacial score (nSPS) is 18.4. The van der Waals surface area contributed by atoms with E-state index in [9.17, 15) is 9.59 Å². The molecular weight excluding hydrogens is 576 g/mol. The molecule has 1 amide bonds. The molecule has 4 aromatic rings. The predicted molar refractivity (Wildman–Crippen MR) is 177 cm³/mol. The average Bonchev–Trinajstić information content (AvgIpc) is 3.42. The standard InChI is InChI=1S/C35H41ClN4O2S/c1-35(2,3)27-11-12-29-24(18-27)17-25-20-31(43-34(25)39-29)33(42)38-30(13-16-40-14-5-4-6-15-40)23-9-7-22(8-10-23)26-19-28(36)32(41)37-21-26/h7-10,17,19-21,27,30H,4-6,11-16,18H2,1-3H3,(H,37,41)(H,38,42)/t27-,30?/m0/s1. The van der Waals surface area contributed by atoms with Crippen LogP contribution in [0.4, 0.5) is 0 Å². The van der Waals surface area contributed by atoms with Gasteiger partial charge in [0, 0.05) is 23.8 Å². The SMILES string of the molecule is CC(C)(C)[C@H]1CCc2nc3sc(C(=O)NC(CCN4CCCCC4)c4ccc(-c5c[nH]c(=O)c(Cl)c5)cc4)cc3cc2C1. The number of hydrogen-bond acceptors (Lipinski definition) is 5. The Morgan fingerprint density at radius 2 is 1.88 bits per heavy atom. The van der Waals surface area contributed by atoms with Crippen LogP contribution in [0.3, 0.4) is 0 Å². The van der Waals surface area contributed by atoms with Crippen molar-refractivity contribution in [3.8, 4) is 11.1 Å². The van der Waals surface area contributed by atoms with Gasteiger partial charge >= 0.3 is 0 Å². The number of thiophene rings is 1. The number of carbonyl (C=O) groups is 1. The molecule has 1 aliphatic heterocycles. The molecule has 3 aromatic heterocycles. The molecule has 6 rings (SSSR count). The van der Waals surface area contributed by atoms with E-state index in [1.807, 2.05) is 18.2 Å². The summed E-state index contributed by atoms with van der Waals surface area (Å²) in [5.41, 5.74) is 5.38. The molecule has 0 spiro atoms. The summed E-state index contributed by atoms with van der Waals surface area (Å²) in [6.45, 7) is 10.2. The third-order valence-corrected chi connectivity index (χ3v) is 10.6. The molecule has 1 unspecified atom stereocenters. The molecule has 1 aromatic carbocycles. The number of carbonyl (C=O) groups excluding carboxylic acids is 1. The Hall–Kier alpha value is -3.00. The average molecular weight is 617 g/mol. The van der Waals surface area contributed by atoms with Crippen LogP contribution in [0.15, 0.2) is 53.5 Å². The van der Waals surface area contributed by atoms with Crippen LogP contribution in [-0.2, 0) is 12.8 Å². The molecule has 4 heterocycles. The minimum absolute atomic E-state index is 0.0475. The third-order valence-electron chi connectivity index (χ3n) is 9.31. The van der Waals surface area contributed by atoms with Crippen LogP contribution in [-0.4, -0.2) is 40.4 Å². The molecule has 0 saturated carbocycles. The molecule has 2 atom stereocenters. The van der Waals surface area contributed by atoms with Gasteiger partial charge in [0.05, 0.1) is 10.9 Å². The van der Waals surface area contributed by atoms with Crippen molar-refractivity contribution < 1.29 is 4.79 Å². The first-order chi connectivity index (χ1) is 20.6. The van der Waals surface area contributed by atoms with Crippen LogP contribution in [0.2, 0.25) is 5.02 Å². The summed E-state index contributed by atoms with van der Waals surface area (Å²) in [6, 6.07) is 14.1. The van der Waals surface area contributed by atoms with Crippen LogP contribution >= 0.6 is 22.9 Å². The van der Waals surface area contributed by atoms with Crippen molar-refractivity contribution in [3.05, 3.63) is 85.7 Å². The predicted octanol–water partition coefficient (Wildman–Crippen LogP) is 7.80. The van der Waals surface area contributed by atoms with Gasteiger partial charge in [-0.05, 0) is 103 Å². The van der Waals surface area contributed by atoms with Gasteiger partial charge in [-0.3, -0.25) is 9.59 Å². The highest BCUT2D eigenvalue weighted by molar-refractivity contribution is 7.20. The van der Waals surface area contributed by atoms with Crippen molar-refractivity contribution in [1.82, 2.24) is 20.2 Å². The van der Waals surface area contributed by atoms with Gasteiger partial charge in [-0.1, -0.05) is 63.1 Å². The number of nitrogens with one attached hydrogen (secondary N) is 2. The number of fused-ring (bicyclic) bond motifs is 2. The van der Waals surface area contributed by atoms with Crippen molar-refractivity contribution in [2.24, 2.45) is 11.3 Å². The van der Waals surface area contributed by atoms with Crippen molar-refractivity contribution >= 4 is 39.1 Å². The Kier molecular flexibility index (Phi) is 8.77. The van der Waals surface area contributed by atoms with E-state index < -0.39 is 0 Å². The number of likely N-dealkylation sites (tertiary alicyclic amines) is 1. The minimum atomic E-state index is -0.298. The molecule has 8 heteroatoms. The summed E-state index contributed by atoms with van der Waals surface area (Å²) in [7, 11) is 0. The second kappa shape index (κ2) is 12.5. The fourth-order valence-electron chi connectivity index (χ4n) is 6.55. The zero-order valence-corrected chi connectivity index (χ0v) is 26.9. The van der Waals surface area contributed by atoms with Crippen LogP contribution in [0, 0.1) is 11.3 Å². The maximum absolute atomic E-state index is 13.7. The number of aromatic nitrogens is 2. The van der Waals surface area contributed by atoms with E-state index in [1.165, 1.54) is 48.3 Å². The van der Waals surface area contributed by atoms with Gasteiger partial charge in [-0.15, -0.1) is 11.3 Å². The van der Waals surface area contributed by atoms with E-state index >= 15 is 0 Å². The highest BCUT2D eigenvalue weighted by Gasteiger charge is 2.30. The third kappa shape index (κ3) is 6.89. The summed E-state index contributed by atoms with van der Waals surface area (Å²) in [5, 5.41) is 4.61. The van der Waals surface area contributed by atoms with Crippen LogP contribution in [0.1, 0.15) is 85.4 Å². The summed E-state index contributed by atoms with van der Waals surface area (Å²) < 4.78 is 0. The highest BCUT2D eigenvalue weighted by Crippen LogP contribution is 2.38. The van der Waals surface area contributed by atoms with Gasteiger partial charge in [0.1, 0.15) is 9.85 Å². The number of amides is 1. The van der Waals surface area contributed by atoms with Crippen molar-refractivity contribution in [2.45, 2.75) is 71.8 Å². The number of hydrogen-bond donors (Lipinski definition) is 2. The molecule has 1 fully saturated rings. The first kappa shape index (κ1) is 30.0. The Morgan fingerprint density at radius 3 is 2.60 bits per heavy atom. The number of piperidine rings is 1. The van der Waals surface area contributed by atoms with E-state index in [1.54, 1.807) is 12.3 Å². The molecule has 2 N–H and O–H groups in total. The first-order valence-electron chi connectivity index (χ1n) is 15.6. The lowest BCUT2D eigenvalue weighted by atomic mass is 9.71. The molecule has 0 radical (unpaired) electrons. The number of aromatic amines is 1. The van der Waals surface area contributed by atoms with E-state index in [0.717, 1.165) is 65.8 Å². The zero-order valence-electron chi connectivity index (χ0n) is 25.3. The fraction of sp³-hybridized carbons (Fsp3) is 0.457. The van der Waals surface area contributed by atoms with Crippen molar-refractivity contribution in [1.29, 1.82) is 0 Å². The number of nitrogens with zero attached hydrogens (tertiary/aromatic N) is 2. The summed E-state index contributed by atoms with van der Waals surface area (Å²) in [4.78, 5) is 37.3. The maximum Gasteiger partial charge on any atom is 0.266 e. The number of halogens is 1. The number of aryl methyl sites for hydroxylation is 1. The van der Waals surface area contributed by atoms with E-state index in [4.69, 9.17) is 16.6 Å². The number of H-pyrrole nitrogens is 1. The summed E-state index contributed by atoms with van der Waals surface area (Å²) in [6.07, 6.45) is 9.52. The smallest absolute Gasteiger partial charge is 0.266 e. The molecule has 43 heavy (non-hydrogen) atoms. The number of rotatable bonds is 7. The Morgan fingerprint density at radius 1 is 1.12 bits per heavy atom. The molecule has 1 saturated heterocycles. The van der Waals surface area contributed by atoms with Gasteiger partial charge in [-0.2, -0.15) is 0 Å². The molecule has 2 aliphatic rings. The second-order valence-corrected chi connectivity index (χ2v) is 14.7. The van der Waals surface area contributed by atoms with Crippen LogP contribution in [0.5, 0.6) is 0 Å². The molecule has 1 aliphatic carbocycles. The van der Waals surface area contributed by atoms with E-state index in [2.05, 4.69) is 54.2 Å². The monoisotopic (exact) mass is 616 g/mol. The van der Waals surface area contributed by atoms with Crippen molar-refractivity contribution in [2.75, 3.05) is 19.6 Å². The maximum atomic E-state index is 13.7.